The van der Waals surface area contributed by atoms with Crippen LogP contribution < -0.4 is 0 Å². The van der Waals surface area contributed by atoms with Gasteiger partial charge >= 0.3 is 5.97 Å². The number of aliphatic carboxylic acids is 1. The van der Waals surface area contributed by atoms with E-state index >= 15 is 0 Å². The lowest BCUT2D eigenvalue weighted by molar-refractivity contribution is -0.137. The predicted octanol–water partition coefficient (Wildman–Crippen LogP) is 6.57. The van der Waals surface area contributed by atoms with Crippen LogP contribution in [0.1, 0.15) is 72.1 Å². The van der Waals surface area contributed by atoms with Crippen LogP contribution in [0, 0.1) is 34.4 Å². The molecular formula is C22H33BrO2. The number of hydrogen-bond acceptors (Lipinski definition) is 1. The molecule has 0 aliphatic heterocycles. The Morgan fingerprint density at radius 2 is 2.08 bits per heavy atom. The number of carboxylic acid groups (broad SMARTS) is 1. The molecule has 1 aliphatic carbocycles. The zero-order valence-electron chi connectivity index (χ0n) is 15.9. The SMILES string of the molecule is C/C(=C\C=C\[C@H](C)[C@@H]1C[C@H]1CCCC(=O)O)CCC[C@@H](C)CC#CBr. The Kier molecular flexibility index (Phi) is 10.9. The third kappa shape index (κ3) is 10.5. The standard InChI is InChI=1S/C22H33BrO2/c1-17(8-4-9-18(2)11-7-15-23)10-5-12-19(3)21-16-20(21)13-6-14-22(24)25/h5,10,12,18-21H,4,6,8-9,11,13-14,16H2,1-3H3,(H,24,25)/b12-5+,17-10+/t18-,19+,20-,21+/m1/s1. The monoisotopic (exact) mass is 408 g/mol. The minimum atomic E-state index is -0.670. The fourth-order valence-corrected chi connectivity index (χ4v) is 3.59. The van der Waals surface area contributed by atoms with E-state index in [2.05, 4.69) is 65.7 Å². The van der Waals surface area contributed by atoms with Crippen molar-refractivity contribution in [3.8, 4) is 10.8 Å². The zero-order valence-corrected chi connectivity index (χ0v) is 17.5. The summed E-state index contributed by atoms with van der Waals surface area (Å²) in [5.74, 6) is 5.18. The molecule has 0 unspecified atom stereocenters. The molecule has 140 valence electrons. The van der Waals surface area contributed by atoms with Crippen molar-refractivity contribution in [1.29, 1.82) is 0 Å². The fraction of sp³-hybridized carbons (Fsp3) is 0.682. The van der Waals surface area contributed by atoms with Crippen molar-refractivity contribution in [3.05, 3.63) is 23.8 Å². The summed E-state index contributed by atoms with van der Waals surface area (Å²) in [6.07, 6.45) is 14.9. The molecule has 0 amide bonds. The van der Waals surface area contributed by atoms with Crippen LogP contribution >= 0.6 is 15.9 Å². The van der Waals surface area contributed by atoms with Crippen molar-refractivity contribution < 1.29 is 9.90 Å². The van der Waals surface area contributed by atoms with E-state index in [-0.39, 0.29) is 0 Å². The third-order valence-corrected chi connectivity index (χ3v) is 5.48. The van der Waals surface area contributed by atoms with Crippen LogP contribution in [0.15, 0.2) is 23.8 Å². The smallest absolute Gasteiger partial charge is 0.303 e. The first kappa shape index (κ1) is 22.0. The molecule has 1 fully saturated rings. The number of carbonyl (C=O) groups is 1. The Bertz CT molecular complexity index is 524. The summed E-state index contributed by atoms with van der Waals surface area (Å²) < 4.78 is 0. The number of halogens is 1. The maximum atomic E-state index is 10.6. The highest BCUT2D eigenvalue weighted by atomic mass is 79.9. The van der Waals surface area contributed by atoms with Crippen LogP contribution in [0.4, 0.5) is 0 Å². The van der Waals surface area contributed by atoms with Crippen LogP contribution in [0.3, 0.4) is 0 Å². The lowest BCUT2D eigenvalue weighted by Gasteiger charge is -2.07. The molecule has 1 saturated carbocycles. The first-order chi connectivity index (χ1) is 11.9. The molecule has 0 saturated heterocycles. The van der Waals surface area contributed by atoms with Gasteiger partial charge in [-0.15, -0.1) is 0 Å². The van der Waals surface area contributed by atoms with Crippen LogP contribution in [0.2, 0.25) is 0 Å². The highest BCUT2D eigenvalue weighted by Crippen LogP contribution is 2.47. The van der Waals surface area contributed by atoms with Gasteiger partial charge in [-0.2, -0.15) is 0 Å². The van der Waals surface area contributed by atoms with E-state index in [4.69, 9.17) is 5.11 Å². The fourth-order valence-electron chi connectivity index (χ4n) is 3.43. The number of rotatable bonds is 12. The summed E-state index contributed by atoms with van der Waals surface area (Å²) in [6, 6.07) is 0. The second-order valence-electron chi connectivity index (χ2n) is 7.68. The van der Waals surface area contributed by atoms with Crippen molar-refractivity contribution in [2.75, 3.05) is 0 Å². The summed E-state index contributed by atoms with van der Waals surface area (Å²) in [7, 11) is 0. The minimum absolute atomic E-state index is 0.316. The van der Waals surface area contributed by atoms with Gasteiger partial charge in [0.15, 0.2) is 0 Å². The zero-order chi connectivity index (χ0) is 18.7. The molecule has 0 spiro atoms. The van der Waals surface area contributed by atoms with Gasteiger partial charge in [-0.3, -0.25) is 4.79 Å². The van der Waals surface area contributed by atoms with Crippen molar-refractivity contribution in [2.45, 2.75) is 72.1 Å². The molecule has 25 heavy (non-hydrogen) atoms. The quantitative estimate of drug-likeness (QED) is 0.292. The maximum absolute atomic E-state index is 10.6. The van der Waals surface area contributed by atoms with E-state index in [0.717, 1.165) is 37.5 Å². The van der Waals surface area contributed by atoms with Gasteiger partial charge in [0.1, 0.15) is 0 Å². The first-order valence-corrected chi connectivity index (χ1v) is 10.4. The van der Waals surface area contributed by atoms with E-state index in [1.54, 1.807) is 0 Å². The van der Waals surface area contributed by atoms with Gasteiger partial charge in [0.2, 0.25) is 0 Å². The second-order valence-corrected chi connectivity index (χ2v) is 8.07. The Labute approximate surface area is 162 Å². The first-order valence-electron chi connectivity index (χ1n) is 9.58. The molecule has 0 bridgehead atoms. The Hall–Kier alpha value is -1.01. The van der Waals surface area contributed by atoms with Crippen LogP contribution in [-0.2, 0) is 4.79 Å². The van der Waals surface area contributed by atoms with Crippen molar-refractivity contribution in [3.63, 3.8) is 0 Å². The Balaban J connectivity index is 2.18. The summed E-state index contributed by atoms with van der Waals surface area (Å²) in [6.45, 7) is 6.76. The molecular weight excluding hydrogens is 376 g/mol. The van der Waals surface area contributed by atoms with Gasteiger partial charge in [0.05, 0.1) is 0 Å². The lowest BCUT2D eigenvalue weighted by atomic mass is 9.98. The van der Waals surface area contributed by atoms with E-state index in [1.165, 1.54) is 24.8 Å². The summed E-state index contributed by atoms with van der Waals surface area (Å²) in [4.78, 5) is 13.3. The lowest BCUT2D eigenvalue weighted by Crippen LogP contribution is -1.97. The van der Waals surface area contributed by atoms with Crippen LogP contribution in [-0.4, -0.2) is 11.1 Å². The van der Waals surface area contributed by atoms with E-state index in [1.807, 2.05) is 0 Å². The summed E-state index contributed by atoms with van der Waals surface area (Å²) in [5, 5.41) is 8.69. The average molecular weight is 409 g/mol. The Morgan fingerprint density at radius 1 is 1.32 bits per heavy atom. The summed E-state index contributed by atoms with van der Waals surface area (Å²) in [5.41, 5.74) is 1.44. The molecule has 2 nitrogen and oxygen atoms in total. The minimum Gasteiger partial charge on any atom is -0.481 e. The number of allylic oxidation sites excluding steroid dienone is 4. The predicted molar refractivity (Wildman–Crippen MR) is 109 cm³/mol. The molecule has 0 aromatic carbocycles. The van der Waals surface area contributed by atoms with Gasteiger partial charge in [-0.1, -0.05) is 43.6 Å². The topological polar surface area (TPSA) is 37.3 Å². The van der Waals surface area contributed by atoms with E-state index in [0.29, 0.717) is 18.3 Å². The average Bonchev–Trinajstić information content (AvgIpc) is 3.32. The van der Waals surface area contributed by atoms with E-state index in [9.17, 15) is 4.79 Å². The maximum Gasteiger partial charge on any atom is 0.303 e. The molecule has 0 aromatic heterocycles. The van der Waals surface area contributed by atoms with Gasteiger partial charge in [0, 0.05) is 28.8 Å². The molecule has 4 atom stereocenters. The molecule has 0 aromatic rings. The van der Waals surface area contributed by atoms with Crippen molar-refractivity contribution >= 4 is 21.9 Å². The largest absolute Gasteiger partial charge is 0.481 e. The van der Waals surface area contributed by atoms with Gasteiger partial charge in [-0.05, 0) is 73.9 Å². The van der Waals surface area contributed by atoms with Gasteiger partial charge in [-0.25, -0.2) is 0 Å². The van der Waals surface area contributed by atoms with Crippen LogP contribution in [0.25, 0.3) is 0 Å². The molecule has 0 heterocycles. The number of carboxylic acids is 1. The summed E-state index contributed by atoms with van der Waals surface area (Å²) >= 11 is 3.14. The van der Waals surface area contributed by atoms with Crippen LogP contribution in [0.5, 0.6) is 0 Å². The Morgan fingerprint density at radius 3 is 2.76 bits per heavy atom. The van der Waals surface area contributed by atoms with Crippen molar-refractivity contribution in [2.24, 2.45) is 23.7 Å². The molecule has 3 heteroatoms. The molecule has 1 rings (SSSR count). The molecule has 1 N–H and O–H groups in total. The molecule has 1 aliphatic rings. The molecule has 0 radical (unpaired) electrons. The normalized spacial score (nSPS) is 22.3. The third-order valence-electron chi connectivity index (χ3n) is 5.20. The van der Waals surface area contributed by atoms with E-state index < -0.39 is 5.97 Å². The van der Waals surface area contributed by atoms with Gasteiger partial charge < -0.3 is 5.11 Å². The highest BCUT2D eigenvalue weighted by molar-refractivity contribution is 9.12. The second kappa shape index (κ2) is 12.4. The van der Waals surface area contributed by atoms with Crippen molar-refractivity contribution in [1.82, 2.24) is 0 Å². The van der Waals surface area contributed by atoms with Gasteiger partial charge in [0.25, 0.3) is 0 Å². The number of hydrogen-bond donors (Lipinski definition) is 1. The highest BCUT2D eigenvalue weighted by Gasteiger charge is 2.39.